The van der Waals surface area contributed by atoms with Gasteiger partial charge in [-0.15, -0.1) is 14.9 Å². The van der Waals surface area contributed by atoms with Crippen molar-refractivity contribution in [3.8, 4) is 22.5 Å². The smallest absolute Gasteiger partial charge is 0.274 e. The number of nitrogens with one attached hydrogen (secondary N) is 1. The van der Waals surface area contributed by atoms with Crippen molar-refractivity contribution in [1.82, 2.24) is 35.0 Å². The average molecular weight is 474 g/mol. The molecule has 0 saturated carbocycles. The van der Waals surface area contributed by atoms with Crippen LogP contribution in [-0.2, 0) is 13.0 Å². The van der Waals surface area contributed by atoms with Gasteiger partial charge in [0.05, 0.1) is 6.54 Å². The first-order valence-electron chi connectivity index (χ1n) is 12.3. The summed E-state index contributed by atoms with van der Waals surface area (Å²) >= 11 is 0. The third kappa shape index (κ3) is 5.79. The highest BCUT2D eigenvalue weighted by Crippen LogP contribution is 2.24. The highest BCUT2D eigenvalue weighted by molar-refractivity contribution is 5.77. The van der Waals surface area contributed by atoms with E-state index in [0.717, 1.165) is 52.6 Å². The molecule has 182 valence electrons. The largest absolute Gasteiger partial charge is 0.353 e. The zero-order chi connectivity index (χ0) is 24.6. The lowest BCUT2D eigenvalue weighted by molar-refractivity contribution is 0.0880. The van der Waals surface area contributed by atoms with E-state index in [0.29, 0.717) is 37.5 Å². The molecule has 4 rings (SSSR count). The lowest BCUT2D eigenvalue weighted by atomic mass is 10.0. The van der Waals surface area contributed by atoms with Crippen molar-refractivity contribution in [1.29, 1.82) is 0 Å². The Hall–Kier alpha value is -3.88. The Kier molecular flexibility index (Phi) is 7.97. The maximum Gasteiger partial charge on any atom is 0.353 e. The summed E-state index contributed by atoms with van der Waals surface area (Å²) in [5.74, 6) is 1.04. The van der Waals surface area contributed by atoms with Crippen molar-refractivity contribution in [2.75, 3.05) is 0 Å². The standard InChI is InChI=1S/C26H31N7O2/c1-3-5-6-7-12-23-29-33(24(34)9-4-2)26(35)32(23)18-19-13-15-20(16-14-19)21-10-8-11-22(17-21)25-27-30-31-28-25/h8,10-11,13-17H,3-7,9,12,18H2,1-2H3,(H,27,28,30,31). The molecule has 4 aromatic rings. The van der Waals surface area contributed by atoms with Crippen molar-refractivity contribution in [2.45, 2.75) is 65.3 Å². The summed E-state index contributed by atoms with van der Waals surface area (Å²) in [7, 11) is 0. The van der Waals surface area contributed by atoms with Crippen molar-refractivity contribution in [3.63, 3.8) is 0 Å². The molecule has 35 heavy (non-hydrogen) atoms. The number of rotatable bonds is 11. The molecule has 0 radical (unpaired) electrons. The summed E-state index contributed by atoms with van der Waals surface area (Å²) in [6, 6.07) is 16.1. The van der Waals surface area contributed by atoms with Crippen LogP contribution < -0.4 is 5.69 Å². The van der Waals surface area contributed by atoms with Crippen LogP contribution in [0.4, 0.5) is 0 Å². The van der Waals surface area contributed by atoms with Crippen LogP contribution in [0.15, 0.2) is 53.3 Å². The third-order valence-electron chi connectivity index (χ3n) is 6.00. The van der Waals surface area contributed by atoms with Gasteiger partial charge in [0.1, 0.15) is 5.82 Å². The van der Waals surface area contributed by atoms with Crippen LogP contribution in [0.2, 0.25) is 0 Å². The molecule has 0 aliphatic carbocycles. The maximum absolute atomic E-state index is 13.1. The highest BCUT2D eigenvalue weighted by atomic mass is 16.2. The monoisotopic (exact) mass is 473 g/mol. The summed E-state index contributed by atoms with van der Waals surface area (Å²) in [6.07, 6.45) is 5.99. The van der Waals surface area contributed by atoms with Gasteiger partial charge in [-0.2, -0.15) is 0 Å². The summed E-state index contributed by atoms with van der Waals surface area (Å²) in [5, 5.41) is 18.5. The Morgan fingerprint density at radius 1 is 0.943 bits per heavy atom. The molecular weight excluding hydrogens is 442 g/mol. The topological polar surface area (TPSA) is 111 Å². The van der Waals surface area contributed by atoms with Crippen LogP contribution in [0.25, 0.3) is 22.5 Å². The third-order valence-corrected chi connectivity index (χ3v) is 6.00. The first-order chi connectivity index (χ1) is 17.1. The SMILES string of the molecule is CCCCCCc1nn(C(=O)CCC)c(=O)n1Cc1ccc(-c2cccc(-c3nnn[nH]3)c2)cc1. The van der Waals surface area contributed by atoms with E-state index in [1.54, 1.807) is 4.57 Å². The maximum atomic E-state index is 13.1. The molecule has 9 heteroatoms. The van der Waals surface area contributed by atoms with Gasteiger partial charge in [0, 0.05) is 18.4 Å². The predicted octanol–water partition coefficient (Wildman–Crippen LogP) is 4.50. The van der Waals surface area contributed by atoms with Crippen LogP contribution in [0, 0.1) is 0 Å². The number of hydrogen-bond acceptors (Lipinski definition) is 6. The van der Waals surface area contributed by atoms with Crippen molar-refractivity contribution in [2.24, 2.45) is 0 Å². The molecule has 0 aliphatic rings. The molecule has 0 amide bonds. The summed E-state index contributed by atoms with van der Waals surface area (Å²) in [5.41, 5.74) is 3.61. The second-order valence-electron chi connectivity index (χ2n) is 8.68. The zero-order valence-corrected chi connectivity index (χ0v) is 20.3. The Labute approximate surface area is 204 Å². The Bertz CT molecular complexity index is 1300. The van der Waals surface area contributed by atoms with Gasteiger partial charge in [-0.3, -0.25) is 9.36 Å². The van der Waals surface area contributed by atoms with Crippen LogP contribution >= 0.6 is 0 Å². The van der Waals surface area contributed by atoms with E-state index in [1.807, 2.05) is 55.5 Å². The van der Waals surface area contributed by atoms with Gasteiger partial charge in [0.15, 0.2) is 5.82 Å². The van der Waals surface area contributed by atoms with Gasteiger partial charge in [-0.1, -0.05) is 75.6 Å². The molecule has 0 bridgehead atoms. The molecule has 2 aromatic carbocycles. The first-order valence-corrected chi connectivity index (χ1v) is 12.3. The molecule has 9 nitrogen and oxygen atoms in total. The van der Waals surface area contributed by atoms with E-state index in [-0.39, 0.29) is 11.6 Å². The molecule has 2 heterocycles. The number of H-pyrrole nitrogens is 1. The molecule has 0 saturated heterocycles. The van der Waals surface area contributed by atoms with E-state index in [2.05, 4.69) is 32.6 Å². The van der Waals surface area contributed by atoms with Gasteiger partial charge in [-0.25, -0.2) is 9.89 Å². The van der Waals surface area contributed by atoms with E-state index in [9.17, 15) is 9.59 Å². The fourth-order valence-electron chi connectivity index (χ4n) is 4.09. The van der Waals surface area contributed by atoms with Gasteiger partial charge in [-0.05, 0) is 46.0 Å². The second kappa shape index (κ2) is 11.5. The number of hydrogen-bond donors (Lipinski definition) is 1. The van der Waals surface area contributed by atoms with Crippen LogP contribution in [0.3, 0.4) is 0 Å². The predicted molar refractivity (Wildman–Crippen MR) is 134 cm³/mol. The zero-order valence-electron chi connectivity index (χ0n) is 20.3. The molecular formula is C26H31N7O2. The molecule has 0 spiro atoms. The number of carbonyl (C=O) groups is 1. The lowest BCUT2D eigenvalue weighted by Gasteiger charge is -2.08. The number of benzene rings is 2. The minimum atomic E-state index is -0.355. The number of aromatic amines is 1. The number of aryl methyl sites for hydroxylation is 1. The average Bonchev–Trinajstić information content (AvgIpc) is 3.52. The van der Waals surface area contributed by atoms with Crippen molar-refractivity contribution < 1.29 is 4.79 Å². The minimum absolute atomic E-state index is 0.247. The lowest BCUT2D eigenvalue weighted by Crippen LogP contribution is -2.30. The highest BCUT2D eigenvalue weighted by Gasteiger charge is 2.18. The summed E-state index contributed by atoms with van der Waals surface area (Å²) < 4.78 is 2.70. The van der Waals surface area contributed by atoms with E-state index >= 15 is 0 Å². The Balaban J connectivity index is 1.56. The number of unbranched alkanes of at least 4 members (excludes halogenated alkanes) is 3. The molecule has 2 aromatic heterocycles. The molecule has 0 fully saturated rings. The fourth-order valence-corrected chi connectivity index (χ4v) is 4.09. The molecule has 0 unspecified atom stereocenters. The van der Waals surface area contributed by atoms with E-state index < -0.39 is 0 Å². The minimum Gasteiger partial charge on any atom is -0.274 e. The van der Waals surface area contributed by atoms with E-state index in [1.165, 1.54) is 0 Å². The molecule has 1 N–H and O–H groups in total. The van der Waals surface area contributed by atoms with Crippen LogP contribution in [0.5, 0.6) is 0 Å². The number of aromatic nitrogens is 7. The van der Waals surface area contributed by atoms with Gasteiger partial charge >= 0.3 is 5.69 Å². The first kappa shape index (κ1) is 24.3. The quantitative estimate of drug-likeness (QED) is 0.321. The summed E-state index contributed by atoms with van der Waals surface area (Å²) in [4.78, 5) is 25.5. The fraction of sp³-hybridized carbons (Fsp3) is 0.385. The number of tetrazole rings is 1. The van der Waals surface area contributed by atoms with Crippen LogP contribution in [-0.4, -0.2) is 40.9 Å². The Morgan fingerprint density at radius 3 is 2.46 bits per heavy atom. The van der Waals surface area contributed by atoms with Gasteiger partial charge in [0.25, 0.3) is 5.91 Å². The van der Waals surface area contributed by atoms with Gasteiger partial charge < -0.3 is 0 Å². The van der Waals surface area contributed by atoms with Crippen molar-refractivity contribution >= 4 is 5.91 Å². The van der Waals surface area contributed by atoms with Gasteiger partial charge in [0.2, 0.25) is 0 Å². The van der Waals surface area contributed by atoms with Crippen molar-refractivity contribution in [3.05, 3.63) is 70.4 Å². The van der Waals surface area contributed by atoms with E-state index in [4.69, 9.17) is 0 Å². The van der Waals surface area contributed by atoms with Crippen LogP contribution in [0.1, 0.15) is 68.6 Å². The number of carbonyl (C=O) groups excluding carboxylic acids is 1. The summed E-state index contributed by atoms with van der Waals surface area (Å²) in [6.45, 7) is 4.47. The second-order valence-corrected chi connectivity index (χ2v) is 8.68. The Morgan fingerprint density at radius 2 is 1.74 bits per heavy atom. The normalized spacial score (nSPS) is 11.1. The molecule has 0 atom stereocenters. The number of nitrogens with zero attached hydrogens (tertiary/aromatic N) is 6. The molecule has 0 aliphatic heterocycles.